The molecule has 8 heteroatoms. The predicted octanol–water partition coefficient (Wildman–Crippen LogP) is 4.89. The highest BCUT2D eigenvalue weighted by molar-refractivity contribution is 7.89. The van der Waals surface area contributed by atoms with E-state index in [1.54, 1.807) is 40.1 Å². The van der Waals surface area contributed by atoms with E-state index in [1.807, 2.05) is 0 Å². The van der Waals surface area contributed by atoms with Crippen LogP contribution in [0.2, 0.25) is 0 Å². The second kappa shape index (κ2) is 13.5. The standard InChI is InChI=1S/C31H51N3O4S/c1-23-18-30(38-5)19-24(2)31(23)39(36,37)33(4)15-14-29(35)20-25-8-10-28(11-9-25)34-16-12-27(13-17-34)22-32(3)21-26-6-7-26/h18-19,25-28H,6-17,20-22H2,1-5H3. The Hall–Kier alpha value is -1.48. The zero-order valence-electron chi connectivity index (χ0n) is 25.0. The number of Topliss-reactive ketones (excluding diaryl/α,β-unsaturated/α-hetero) is 1. The van der Waals surface area contributed by atoms with Gasteiger partial charge in [0, 0.05) is 45.6 Å². The molecule has 0 unspecified atom stereocenters. The molecule has 0 radical (unpaired) electrons. The summed E-state index contributed by atoms with van der Waals surface area (Å²) in [5.41, 5.74) is 1.32. The Kier molecular flexibility index (Phi) is 10.5. The molecule has 1 heterocycles. The van der Waals surface area contributed by atoms with Gasteiger partial charge in [-0.1, -0.05) is 0 Å². The Morgan fingerprint density at radius 1 is 0.897 bits per heavy atom. The first kappa shape index (κ1) is 30.5. The maximum Gasteiger partial charge on any atom is 0.243 e. The highest BCUT2D eigenvalue weighted by Crippen LogP contribution is 2.34. The number of carbonyl (C=O) groups excluding carboxylic acids is 1. The van der Waals surface area contributed by atoms with Crippen molar-refractivity contribution in [3.8, 4) is 5.75 Å². The number of benzene rings is 1. The summed E-state index contributed by atoms with van der Waals surface area (Å²) in [5.74, 6) is 3.08. The van der Waals surface area contributed by atoms with Crippen molar-refractivity contribution < 1.29 is 17.9 Å². The lowest BCUT2D eigenvalue weighted by Gasteiger charge is -2.41. The molecule has 4 rings (SSSR count). The number of sulfonamides is 1. The highest BCUT2D eigenvalue weighted by Gasteiger charge is 2.31. The number of carbonyl (C=O) groups is 1. The maximum atomic E-state index is 13.2. The molecule has 220 valence electrons. The van der Waals surface area contributed by atoms with Gasteiger partial charge in [-0.25, -0.2) is 12.7 Å². The van der Waals surface area contributed by atoms with Gasteiger partial charge in [-0.05, 0) is 126 Å². The SMILES string of the molecule is COc1cc(C)c(S(=O)(=O)N(C)CCC(=O)CC2CCC(N3CCC(CN(C)CC4CC4)CC3)CC2)c(C)c1. The molecule has 0 atom stereocenters. The molecule has 0 amide bonds. The fourth-order valence-corrected chi connectivity index (χ4v) is 8.46. The van der Waals surface area contributed by atoms with E-state index < -0.39 is 10.0 Å². The zero-order chi connectivity index (χ0) is 28.2. The molecule has 0 aromatic heterocycles. The van der Waals surface area contributed by atoms with Crippen molar-refractivity contribution in [2.75, 3.05) is 53.9 Å². The van der Waals surface area contributed by atoms with Crippen molar-refractivity contribution in [1.29, 1.82) is 0 Å². The third-order valence-corrected chi connectivity index (χ3v) is 11.5. The van der Waals surface area contributed by atoms with E-state index in [9.17, 15) is 13.2 Å². The van der Waals surface area contributed by atoms with Crippen LogP contribution in [0.3, 0.4) is 0 Å². The van der Waals surface area contributed by atoms with Crippen LogP contribution in [-0.4, -0.2) is 88.3 Å². The average molecular weight is 562 g/mol. The number of aryl methyl sites for hydroxylation is 2. The third kappa shape index (κ3) is 8.27. The largest absolute Gasteiger partial charge is 0.497 e. The number of rotatable bonds is 13. The maximum absolute atomic E-state index is 13.2. The number of hydrogen-bond acceptors (Lipinski definition) is 6. The van der Waals surface area contributed by atoms with Crippen LogP contribution in [-0.2, 0) is 14.8 Å². The number of piperidine rings is 1. The molecule has 1 saturated heterocycles. The minimum atomic E-state index is -3.67. The van der Waals surface area contributed by atoms with E-state index in [2.05, 4.69) is 16.8 Å². The van der Waals surface area contributed by atoms with E-state index >= 15 is 0 Å². The van der Waals surface area contributed by atoms with Crippen LogP contribution in [0, 0.1) is 31.6 Å². The van der Waals surface area contributed by atoms with Gasteiger partial charge in [0.15, 0.2) is 0 Å². The Balaban J connectivity index is 1.16. The smallest absolute Gasteiger partial charge is 0.243 e. The number of ether oxygens (including phenoxy) is 1. The fourth-order valence-electron chi connectivity index (χ4n) is 6.89. The molecule has 0 spiro atoms. The Bertz CT molecular complexity index is 1050. The molecule has 2 saturated carbocycles. The summed E-state index contributed by atoms with van der Waals surface area (Å²) in [6.07, 6.45) is 10.9. The molecule has 2 aliphatic carbocycles. The van der Waals surface area contributed by atoms with Crippen molar-refractivity contribution in [2.24, 2.45) is 17.8 Å². The zero-order valence-corrected chi connectivity index (χ0v) is 25.8. The topological polar surface area (TPSA) is 70.2 Å². The molecular formula is C31H51N3O4S. The lowest BCUT2D eigenvalue weighted by atomic mass is 9.81. The fraction of sp³-hybridized carbons (Fsp3) is 0.774. The monoisotopic (exact) mass is 561 g/mol. The summed E-state index contributed by atoms with van der Waals surface area (Å²) in [4.78, 5) is 18.4. The normalized spacial score (nSPS) is 23.5. The molecule has 39 heavy (non-hydrogen) atoms. The van der Waals surface area contributed by atoms with E-state index in [-0.39, 0.29) is 18.7 Å². The molecule has 1 aliphatic heterocycles. The van der Waals surface area contributed by atoms with Crippen LogP contribution in [0.15, 0.2) is 17.0 Å². The minimum Gasteiger partial charge on any atom is -0.497 e. The molecule has 0 bridgehead atoms. The summed E-state index contributed by atoms with van der Waals surface area (Å²) in [7, 11) is 1.78. The number of likely N-dealkylation sites (tertiary alicyclic amines) is 1. The quantitative estimate of drug-likeness (QED) is 0.341. The van der Waals surface area contributed by atoms with Crippen LogP contribution >= 0.6 is 0 Å². The van der Waals surface area contributed by atoms with Gasteiger partial charge >= 0.3 is 0 Å². The van der Waals surface area contributed by atoms with Gasteiger partial charge < -0.3 is 14.5 Å². The van der Waals surface area contributed by atoms with Crippen LogP contribution < -0.4 is 4.74 Å². The summed E-state index contributed by atoms with van der Waals surface area (Å²) in [5, 5.41) is 0. The molecule has 3 fully saturated rings. The second-order valence-electron chi connectivity index (χ2n) is 12.7. The highest BCUT2D eigenvalue weighted by atomic mass is 32.2. The summed E-state index contributed by atoms with van der Waals surface area (Å²) in [6.45, 7) is 8.79. The molecule has 7 nitrogen and oxygen atoms in total. The van der Waals surface area contributed by atoms with E-state index in [4.69, 9.17) is 4.74 Å². The first-order chi connectivity index (χ1) is 18.6. The van der Waals surface area contributed by atoms with Gasteiger partial charge in [-0.15, -0.1) is 0 Å². The Labute approximate surface area is 237 Å². The lowest BCUT2D eigenvalue weighted by molar-refractivity contribution is -0.120. The summed E-state index contributed by atoms with van der Waals surface area (Å²) < 4.78 is 33.1. The van der Waals surface area contributed by atoms with Gasteiger partial charge in [0.2, 0.25) is 10.0 Å². The number of nitrogens with zero attached hydrogens (tertiary/aromatic N) is 3. The van der Waals surface area contributed by atoms with Gasteiger partial charge in [0.05, 0.1) is 12.0 Å². The second-order valence-corrected chi connectivity index (χ2v) is 14.7. The van der Waals surface area contributed by atoms with Crippen molar-refractivity contribution in [1.82, 2.24) is 14.1 Å². The number of ketones is 1. The summed E-state index contributed by atoms with van der Waals surface area (Å²) in [6, 6.07) is 4.16. The van der Waals surface area contributed by atoms with Crippen LogP contribution in [0.1, 0.15) is 75.3 Å². The van der Waals surface area contributed by atoms with E-state index in [0.717, 1.165) is 24.7 Å². The van der Waals surface area contributed by atoms with Crippen molar-refractivity contribution >= 4 is 15.8 Å². The lowest BCUT2D eigenvalue weighted by Crippen LogP contribution is -2.45. The molecule has 3 aliphatic rings. The number of hydrogen-bond donors (Lipinski definition) is 0. The van der Waals surface area contributed by atoms with E-state index in [1.165, 1.54) is 69.0 Å². The molecule has 1 aromatic rings. The first-order valence-electron chi connectivity index (χ1n) is 15.1. The van der Waals surface area contributed by atoms with Crippen molar-refractivity contribution in [3.05, 3.63) is 23.3 Å². The van der Waals surface area contributed by atoms with Crippen LogP contribution in [0.25, 0.3) is 0 Å². The van der Waals surface area contributed by atoms with Gasteiger partial charge in [-0.3, -0.25) is 4.79 Å². The number of methoxy groups -OCH3 is 1. The molecular weight excluding hydrogens is 510 g/mol. The third-order valence-electron chi connectivity index (χ3n) is 9.38. The minimum absolute atomic E-state index is 0.180. The van der Waals surface area contributed by atoms with Crippen molar-refractivity contribution in [3.63, 3.8) is 0 Å². The van der Waals surface area contributed by atoms with Gasteiger partial charge in [0.25, 0.3) is 0 Å². The van der Waals surface area contributed by atoms with E-state index in [0.29, 0.717) is 40.2 Å². The molecule has 0 N–H and O–H groups in total. The van der Waals surface area contributed by atoms with Gasteiger partial charge in [-0.2, -0.15) is 0 Å². The average Bonchev–Trinajstić information content (AvgIpc) is 3.71. The van der Waals surface area contributed by atoms with Crippen LogP contribution in [0.5, 0.6) is 5.75 Å². The first-order valence-corrected chi connectivity index (χ1v) is 16.6. The van der Waals surface area contributed by atoms with Crippen molar-refractivity contribution in [2.45, 2.75) is 89.0 Å². The predicted molar refractivity (Wildman–Crippen MR) is 157 cm³/mol. The van der Waals surface area contributed by atoms with Crippen LogP contribution in [0.4, 0.5) is 0 Å². The molecule has 1 aromatic carbocycles. The summed E-state index contributed by atoms with van der Waals surface area (Å²) >= 11 is 0. The Morgan fingerprint density at radius 2 is 1.44 bits per heavy atom. The van der Waals surface area contributed by atoms with Gasteiger partial charge in [0.1, 0.15) is 11.5 Å². The Morgan fingerprint density at radius 3 is 1.97 bits per heavy atom.